The number of aromatic nitrogens is 2. The van der Waals surface area contributed by atoms with Gasteiger partial charge in [0, 0.05) is 0 Å². The summed E-state index contributed by atoms with van der Waals surface area (Å²) in [5, 5.41) is 0. The fourth-order valence-electron chi connectivity index (χ4n) is 1.32. The molecule has 0 fully saturated rings. The third-order valence-corrected chi connectivity index (χ3v) is 1.95. The van der Waals surface area contributed by atoms with E-state index >= 15 is 0 Å². The Balaban J connectivity index is 2.75. The van der Waals surface area contributed by atoms with Gasteiger partial charge in [-0.2, -0.15) is 0 Å². The summed E-state index contributed by atoms with van der Waals surface area (Å²) in [5.74, 6) is -0.0127. The summed E-state index contributed by atoms with van der Waals surface area (Å²) in [6.45, 7) is 0. The lowest BCUT2D eigenvalue weighted by atomic mass is 10.3. The monoisotopic (exact) mass is 191 g/mol. The number of anilines is 1. The zero-order valence-electron chi connectivity index (χ0n) is 7.60. The molecule has 0 bridgehead atoms. The Morgan fingerprint density at radius 2 is 2.36 bits per heavy atom. The molecular formula is C9H9N3O2. The zero-order chi connectivity index (χ0) is 10.1. The summed E-state index contributed by atoms with van der Waals surface area (Å²) in [6.07, 6.45) is 1.50. The van der Waals surface area contributed by atoms with Gasteiger partial charge in [-0.15, -0.1) is 0 Å². The standard InChI is InChI=1S/C9H9N3O2/c1-14-9(13)6-3-2-4-8-11-5-7(10)12(6)8/h2-5H,10H2,1H3. The molecule has 0 saturated heterocycles. The number of hydrogen-bond acceptors (Lipinski definition) is 4. The average molecular weight is 191 g/mol. The van der Waals surface area contributed by atoms with Crippen molar-refractivity contribution in [3.63, 3.8) is 0 Å². The van der Waals surface area contributed by atoms with Crippen LogP contribution in [-0.2, 0) is 4.74 Å². The summed E-state index contributed by atoms with van der Waals surface area (Å²) in [4.78, 5) is 15.4. The number of rotatable bonds is 1. The fraction of sp³-hybridized carbons (Fsp3) is 0.111. The number of ether oxygens (including phenoxy) is 1. The molecule has 5 heteroatoms. The molecule has 0 aliphatic rings. The van der Waals surface area contributed by atoms with E-state index in [9.17, 15) is 4.79 Å². The summed E-state index contributed by atoms with van der Waals surface area (Å²) >= 11 is 0. The molecule has 0 aliphatic carbocycles. The first kappa shape index (κ1) is 8.55. The Kier molecular flexibility index (Phi) is 1.85. The maximum absolute atomic E-state index is 11.4. The summed E-state index contributed by atoms with van der Waals surface area (Å²) in [5.41, 5.74) is 6.67. The lowest BCUT2D eigenvalue weighted by Gasteiger charge is -2.03. The maximum atomic E-state index is 11.4. The number of nitrogens with zero attached hydrogens (tertiary/aromatic N) is 2. The van der Waals surface area contributed by atoms with Crippen LogP contribution in [0.4, 0.5) is 5.82 Å². The first-order chi connectivity index (χ1) is 6.74. The van der Waals surface area contributed by atoms with Gasteiger partial charge >= 0.3 is 5.97 Å². The van der Waals surface area contributed by atoms with Crippen molar-refractivity contribution in [1.29, 1.82) is 0 Å². The van der Waals surface area contributed by atoms with E-state index in [1.165, 1.54) is 13.3 Å². The Morgan fingerprint density at radius 1 is 1.57 bits per heavy atom. The highest BCUT2D eigenvalue weighted by Gasteiger charge is 2.11. The second-order valence-electron chi connectivity index (χ2n) is 2.78. The summed E-state index contributed by atoms with van der Waals surface area (Å²) < 4.78 is 6.17. The Bertz CT molecular complexity index is 490. The van der Waals surface area contributed by atoms with Gasteiger partial charge in [-0.05, 0) is 12.1 Å². The van der Waals surface area contributed by atoms with Crippen molar-refractivity contribution in [1.82, 2.24) is 9.38 Å². The van der Waals surface area contributed by atoms with E-state index in [2.05, 4.69) is 9.72 Å². The molecule has 0 saturated carbocycles. The molecule has 2 aromatic rings. The molecule has 0 spiro atoms. The largest absolute Gasteiger partial charge is 0.464 e. The normalized spacial score (nSPS) is 10.4. The minimum Gasteiger partial charge on any atom is -0.464 e. The highest BCUT2D eigenvalue weighted by atomic mass is 16.5. The highest BCUT2D eigenvalue weighted by Crippen LogP contribution is 2.12. The number of carbonyl (C=O) groups is 1. The highest BCUT2D eigenvalue weighted by molar-refractivity contribution is 5.88. The first-order valence-corrected chi connectivity index (χ1v) is 4.04. The topological polar surface area (TPSA) is 69.6 Å². The average Bonchev–Trinajstić information content (AvgIpc) is 2.59. The van der Waals surface area contributed by atoms with Crippen molar-refractivity contribution >= 4 is 17.4 Å². The van der Waals surface area contributed by atoms with Gasteiger partial charge in [0.2, 0.25) is 0 Å². The van der Waals surface area contributed by atoms with E-state index in [-0.39, 0.29) is 0 Å². The molecule has 5 nitrogen and oxygen atoms in total. The van der Waals surface area contributed by atoms with Gasteiger partial charge in [0.05, 0.1) is 13.3 Å². The third kappa shape index (κ3) is 1.10. The van der Waals surface area contributed by atoms with Crippen molar-refractivity contribution in [2.45, 2.75) is 0 Å². The third-order valence-electron chi connectivity index (χ3n) is 1.95. The van der Waals surface area contributed by atoms with Gasteiger partial charge in [-0.1, -0.05) is 6.07 Å². The van der Waals surface area contributed by atoms with Crippen molar-refractivity contribution in [2.24, 2.45) is 0 Å². The Labute approximate surface area is 80.1 Å². The van der Waals surface area contributed by atoms with Crippen LogP contribution in [0.15, 0.2) is 24.4 Å². The maximum Gasteiger partial charge on any atom is 0.355 e. The van der Waals surface area contributed by atoms with E-state index in [1.807, 2.05) is 0 Å². The van der Waals surface area contributed by atoms with Gasteiger partial charge in [0.1, 0.15) is 17.2 Å². The van der Waals surface area contributed by atoms with E-state index < -0.39 is 5.97 Å². The number of nitrogen functional groups attached to an aromatic ring is 1. The number of esters is 1. The van der Waals surface area contributed by atoms with Gasteiger partial charge in [0.15, 0.2) is 0 Å². The van der Waals surface area contributed by atoms with Crippen molar-refractivity contribution < 1.29 is 9.53 Å². The number of imidazole rings is 1. The molecule has 2 aromatic heterocycles. The SMILES string of the molecule is COC(=O)c1cccc2ncc(N)n12. The van der Waals surface area contributed by atoms with Crippen molar-refractivity contribution in [2.75, 3.05) is 12.8 Å². The van der Waals surface area contributed by atoms with Crippen molar-refractivity contribution in [3.8, 4) is 0 Å². The fourth-order valence-corrected chi connectivity index (χ4v) is 1.32. The predicted octanol–water partition coefficient (Wildman–Crippen LogP) is 0.703. The second kappa shape index (κ2) is 3.02. The Hall–Kier alpha value is -2.04. The van der Waals surface area contributed by atoms with Crippen LogP contribution in [0.5, 0.6) is 0 Å². The summed E-state index contributed by atoms with van der Waals surface area (Å²) in [6, 6.07) is 5.13. The Morgan fingerprint density at radius 3 is 3.07 bits per heavy atom. The quantitative estimate of drug-likeness (QED) is 0.674. The van der Waals surface area contributed by atoms with Crippen LogP contribution in [-0.4, -0.2) is 22.5 Å². The predicted molar refractivity (Wildman–Crippen MR) is 50.9 cm³/mol. The molecule has 0 atom stereocenters. The minimum absolute atomic E-state index is 0.375. The van der Waals surface area contributed by atoms with Crippen LogP contribution in [0.3, 0.4) is 0 Å². The van der Waals surface area contributed by atoms with Gasteiger partial charge in [-0.3, -0.25) is 4.40 Å². The molecule has 0 radical (unpaired) electrons. The molecule has 0 aromatic carbocycles. The molecule has 0 amide bonds. The van der Waals surface area contributed by atoms with Crippen LogP contribution in [0.2, 0.25) is 0 Å². The van der Waals surface area contributed by atoms with Crippen LogP contribution < -0.4 is 5.73 Å². The molecule has 0 aliphatic heterocycles. The minimum atomic E-state index is -0.430. The molecule has 2 rings (SSSR count). The van der Waals surface area contributed by atoms with Crippen LogP contribution in [0.25, 0.3) is 5.65 Å². The molecule has 2 heterocycles. The number of fused-ring (bicyclic) bond motifs is 1. The number of pyridine rings is 1. The lowest BCUT2D eigenvalue weighted by Crippen LogP contribution is -2.09. The smallest absolute Gasteiger partial charge is 0.355 e. The molecule has 14 heavy (non-hydrogen) atoms. The van der Waals surface area contributed by atoms with E-state index in [0.717, 1.165) is 0 Å². The molecule has 0 unspecified atom stereocenters. The number of nitrogens with two attached hydrogens (primary N) is 1. The number of carbonyl (C=O) groups excluding carboxylic acids is 1. The molecule has 2 N–H and O–H groups in total. The second-order valence-corrected chi connectivity index (χ2v) is 2.78. The van der Waals surface area contributed by atoms with E-state index in [0.29, 0.717) is 17.2 Å². The van der Waals surface area contributed by atoms with Crippen LogP contribution in [0, 0.1) is 0 Å². The number of hydrogen-bond donors (Lipinski definition) is 1. The van der Waals surface area contributed by atoms with Gasteiger partial charge in [0.25, 0.3) is 0 Å². The van der Waals surface area contributed by atoms with Crippen LogP contribution in [0.1, 0.15) is 10.5 Å². The zero-order valence-corrected chi connectivity index (χ0v) is 7.60. The molecule has 72 valence electrons. The van der Waals surface area contributed by atoms with Crippen molar-refractivity contribution in [3.05, 3.63) is 30.1 Å². The van der Waals surface area contributed by atoms with E-state index in [4.69, 9.17) is 5.73 Å². The van der Waals surface area contributed by atoms with Gasteiger partial charge in [-0.25, -0.2) is 9.78 Å². The first-order valence-electron chi connectivity index (χ1n) is 4.04. The van der Waals surface area contributed by atoms with E-state index in [1.54, 1.807) is 22.6 Å². The van der Waals surface area contributed by atoms with Gasteiger partial charge < -0.3 is 10.5 Å². The number of methoxy groups -OCH3 is 1. The lowest BCUT2D eigenvalue weighted by molar-refractivity contribution is 0.0592. The van der Waals surface area contributed by atoms with Crippen LogP contribution >= 0.6 is 0 Å². The molecular weight excluding hydrogens is 182 g/mol. The summed E-state index contributed by atoms with van der Waals surface area (Å²) in [7, 11) is 1.33.